The Bertz CT molecular complexity index is 909. The van der Waals surface area contributed by atoms with Crippen LogP contribution in [0.5, 0.6) is 5.75 Å². The number of para-hydroxylation sites is 1. The van der Waals surface area contributed by atoms with E-state index < -0.39 is 0 Å². The van der Waals surface area contributed by atoms with Gasteiger partial charge in [0.25, 0.3) is 5.91 Å². The second-order valence-electron chi connectivity index (χ2n) is 5.74. The van der Waals surface area contributed by atoms with Crippen LogP contribution in [-0.4, -0.2) is 19.2 Å². The third-order valence-corrected chi connectivity index (χ3v) is 4.96. The molecule has 0 fully saturated rings. The highest BCUT2D eigenvalue weighted by molar-refractivity contribution is 7.98. The van der Waals surface area contributed by atoms with Crippen molar-refractivity contribution in [2.75, 3.05) is 7.11 Å². The van der Waals surface area contributed by atoms with E-state index in [-0.39, 0.29) is 5.91 Å². The van der Waals surface area contributed by atoms with Crippen LogP contribution in [-0.2, 0) is 5.75 Å². The normalized spacial score (nSPS) is 10.7. The average molecular weight is 376 g/mol. The van der Waals surface area contributed by atoms with Gasteiger partial charge in [-0.3, -0.25) is 4.79 Å². The fraction of sp³-hybridized carbons (Fsp3) is 0.0909. The molecule has 136 valence electrons. The predicted octanol–water partition coefficient (Wildman–Crippen LogP) is 4.75. The molecule has 4 nitrogen and oxygen atoms in total. The highest BCUT2D eigenvalue weighted by Crippen LogP contribution is 2.22. The number of hydrogen-bond donors (Lipinski definition) is 1. The number of rotatable bonds is 7. The van der Waals surface area contributed by atoms with Crippen LogP contribution in [0.4, 0.5) is 0 Å². The number of hydrogen-bond acceptors (Lipinski definition) is 4. The first-order valence-corrected chi connectivity index (χ1v) is 9.48. The van der Waals surface area contributed by atoms with Gasteiger partial charge >= 0.3 is 0 Å². The van der Waals surface area contributed by atoms with Crippen LogP contribution in [0.15, 0.2) is 88.9 Å². The summed E-state index contributed by atoms with van der Waals surface area (Å²) in [6.07, 6.45) is 1.57. The number of carbonyl (C=O) groups excluding carboxylic acids is 1. The fourth-order valence-corrected chi connectivity index (χ4v) is 3.31. The lowest BCUT2D eigenvalue weighted by Gasteiger charge is -2.05. The maximum atomic E-state index is 12.2. The lowest BCUT2D eigenvalue weighted by atomic mass is 10.1. The van der Waals surface area contributed by atoms with Crippen LogP contribution in [0.2, 0.25) is 0 Å². The van der Waals surface area contributed by atoms with Crippen molar-refractivity contribution in [2.45, 2.75) is 10.6 Å². The average Bonchev–Trinajstić information content (AvgIpc) is 2.73. The van der Waals surface area contributed by atoms with E-state index in [1.165, 1.54) is 4.90 Å². The van der Waals surface area contributed by atoms with E-state index in [2.05, 4.69) is 22.7 Å². The van der Waals surface area contributed by atoms with Gasteiger partial charge in [0.15, 0.2) is 0 Å². The Labute approximate surface area is 163 Å². The lowest BCUT2D eigenvalue weighted by molar-refractivity contribution is 0.0955. The van der Waals surface area contributed by atoms with Crippen molar-refractivity contribution in [1.82, 2.24) is 5.43 Å². The van der Waals surface area contributed by atoms with Crippen LogP contribution < -0.4 is 10.2 Å². The molecule has 0 aliphatic rings. The van der Waals surface area contributed by atoms with Crippen molar-refractivity contribution in [2.24, 2.45) is 5.10 Å². The molecular weight excluding hydrogens is 356 g/mol. The number of ether oxygens (including phenoxy) is 1. The minimum Gasteiger partial charge on any atom is -0.496 e. The van der Waals surface area contributed by atoms with Crippen molar-refractivity contribution in [1.29, 1.82) is 0 Å². The molecular formula is C22H20N2O2S. The number of thioether (sulfide) groups is 1. The van der Waals surface area contributed by atoms with Gasteiger partial charge in [-0.15, -0.1) is 11.8 Å². The van der Waals surface area contributed by atoms with Crippen molar-refractivity contribution in [3.63, 3.8) is 0 Å². The lowest BCUT2D eigenvalue weighted by Crippen LogP contribution is -2.17. The second-order valence-corrected chi connectivity index (χ2v) is 6.79. The Balaban J connectivity index is 1.55. The number of amides is 1. The monoisotopic (exact) mass is 376 g/mol. The SMILES string of the molecule is COc1ccccc1/C=N/NC(=O)c1ccc(CSc2ccccc2)cc1. The first-order chi connectivity index (χ1) is 13.3. The van der Waals surface area contributed by atoms with Gasteiger partial charge in [0.05, 0.1) is 13.3 Å². The van der Waals surface area contributed by atoms with Crippen LogP contribution in [0, 0.1) is 0 Å². The molecule has 3 aromatic carbocycles. The molecule has 3 rings (SSSR count). The molecule has 0 heterocycles. The number of nitrogens with one attached hydrogen (secondary N) is 1. The molecule has 0 atom stereocenters. The highest BCUT2D eigenvalue weighted by atomic mass is 32.2. The number of benzene rings is 3. The molecule has 0 bridgehead atoms. The van der Waals surface area contributed by atoms with Crippen LogP contribution in [0.3, 0.4) is 0 Å². The molecule has 0 saturated heterocycles. The van der Waals surface area contributed by atoms with Gasteiger partial charge in [-0.2, -0.15) is 5.10 Å². The zero-order valence-corrected chi connectivity index (χ0v) is 15.8. The molecule has 0 radical (unpaired) electrons. The zero-order chi connectivity index (χ0) is 18.9. The molecule has 5 heteroatoms. The maximum absolute atomic E-state index is 12.2. The van der Waals surface area contributed by atoms with Gasteiger partial charge in [0, 0.05) is 21.8 Å². The molecule has 0 aromatic heterocycles. The number of carbonyl (C=O) groups is 1. The van der Waals surface area contributed by atoms with E-state index >= 15 is 0 Å². The van der Waals surface area contributed by atoms with Crippen molar-refractivity contribution in [3.8, 4) is 5.75 Å². The third-order valence-electron chi connectivity index (χ3n) is 3.87. The summed E-state index contributed by atoms with van der Waals surface area (Å²) in [6.45, 7) is 0. The zero-order valence-electron chi connectivity index (χ0n) is 15.0. The Morgan fingerprint density at radius 3 is 2.44 bits per heavy atom. The Morgan fingerprint density at radius 1 is 1.00 bits per heavy atom. The molecule has 27 heavy (non-hydrogen) atoms. The van der Waals surface area contributed by atoms with Crippen LogP contribution in [0.1, 0.15) is 21.5 Å². The molecule has 0 aliphatic carbocycles. The largest absolute Gasteiger partial charge is 0.496 e. The van der Waals surface area contributed by atoms with Gasteiger partial charge < -0.3 is 4.74 Å². The molecule has 1 amide bonds. The summed E-state index contributed by atoms with van der Waals surface area (Å²) in [5, 5.41) is 4.02. The summed E-state index contributed by atoms with van der Waals surface area (Å²) in [5.74, 6) is 1.32. The summed E-state index contributed by atoms with van der Waals surface area (Å²) in [5.41, 5.74) is 5.08. The Hall–Kier alpha value is -3.05. The number of methoxy groups -OCH3 is 1. The second kappa shape index (κ2) is 9.59. The van der Waals surface area contributed by atoms with Gasteiger partial charge in [-0.05, 0) is 42.0 Å². The van der Waals surface area contributed by atoms with Gasteiger partial charge in [0.1, 0.15) is 5.75 Å². The molecule has 0 saturated carbocycles. The summed E-state index contributed by atoms with van der Waals surface area (Å²) < 4.78 is 5.25. The molecule has 3 aromatic rings. The van der Waals surface area contributed by atoms with Crippen molar-refractivity contribution >= 4 is 23.9 Å². The van der Waals surface area contributed by atoms with Crippen LogP contribution >= 0.6 is 11.8 Å². The van der Waals surface area contributed by atoms with Crippen LogP contribution in [0.25, 0.3) is 0 Å². The first-order valence-electron chi connectivity index (χ1n) is 8.49. The highest BCUT2D eigenvalue weighted by Gasteiger charge is 2.05. The van der Waals surface area contributed by atoms with Gasteiger partial charge in [-0.25, -0.2) is 5.43 Å². The summed E-state index contributed by atoms with van der Waals surface area (Å²) in [7, 11) is 1.60. The smallest absolute Gasteiger partial charge is 0.271 e. The molecule has 0 unspecified atom stereocenters. The van der Waals surface area contributed by atoms with E-state index in [1.807, 2.05) is 66.7 Å². The molecule has 1 N–H and O–H groups in total. The summed E-state index contributed by atoms with van der Waals surface area (Å²) in [6, 6.07) is 25.3. The van der Waals surface area contributed by atoms with Crippen molar-refractivity contribution in [3.05, 3.63) is 95.6 Å². The fourth-order valence-electron chi connectivity index (χ4n) is 2.43. The Kier molecular flexibility index (Phi) is 6.66. The molecule has 0 aliphatic heterocycles. The van der Waals surface area contributed by atoms with E-state index in [0.717, 1.165) is 16.9 Å². The summed E-state index contributed by atoms with van der Waals surface area (Å²) in [4.78, 5) is 13.4. The summed E-state index contributed by atoms with van der Waals surface area (Å²) >= 11 is 1.77. The van der Waals surface area contributed by atoms with Gasteiger partial charge in [0.2, 0.25) is 0 Å². The van der Waals surface area contributed by atoms with E-state index in [4.69, 9.17) is 4.74 Å². The number of hydrazone groups is 1. The maximum Gasteiger partial charge on any atom is 0.271 e. The molecule has 0 spiro atoms. The minimum atomic E-state index is -0.247. The van der Waals surface area contributed by atoms with E-state index in [9.17, 15) is 4.79 Å². The van der Waals surface area contributed by atoms with Gasteiger partial charge in [-0.1, -0.05) is 42.5 Å². The topological polar surface area (TPSA) is 50.7 Å². The quantitative estimate of drug-likeness (QED) is 0.368. The first kappa shape index (κ1) is 18.7. The van der Waals surface area contributed by atoms with E-state index in [1.54, 1.807) is 25.1 Å². The Morgan fingerprint density at radius 2 is 1.70 bits per heavy atom. The third kappa shape index (κ3) is 5.46. The standard InChI is InChI=1S/C22H20N2O2S/c1-26-21-10-6-5-7-19(21)15-23-24-22(25)18-13-11-17(12-14-18)16-27-20-8-3-2-4-9-20/h2-15H,16H2,1H3,(H,24,25)/b23-15+. The minimum absolute atomic E-state index is 0.247. The van der Waals surface area contributed by atoms with E-state index in [0.29, 0.717) is 11.3 Å². The predicted molar refractivity (Wildman–Crippen MR) is 110 cm³/mol. The van der Waals surface area contributed by atoms with Crippen molar-refractivity contribution < 1.29 is 9.53 Å². The number of nitrogens with zero attached hydrogens (tertiary/aromatic N) is 1.